The molecule has 0 fully saturated rings. The zero-order chi connectivity index (χ0) is 12.4. The summed E-state index contributed by atoms with van der Waals surface area (Å²) in [5.74, 6) is 0.869. The van der Waals surface area contributed by atoms with Crippen LogP contribution in [-0.4, -0.2) is 12.2 Å². The minimum absolute atomic E-state index is 0.656. The third kappa shape index (κ3) is 2.19. The molecule has 3 nitrogen and oxygen atoms in total. The molecule has 2 rings (SSSR count). The Kier molecular flexibility index (Phi) is 3.20. The zero-order valence-electron chi connectivity index (χ0n) is 10.2. The molecule has 0 saturated carbocycles. The molecular formula is C14H16O3. The van der Waals surface area contributed by atoms with Crippen molar-refractivity contribution in [3.63, 3.8) is 0 Å². The zero-order valence-corrected chi connectivity index (χ0v) is 10.2. The molecule has 0 aliphatic carbocycles. The molecule has 1 aromatic heterocycles. The summed E-state index contributed by atoms with van der Waals surface area (Å²) in [6, 6.07) is 5.63. The van der Waals surface area contributed by atoms with Crippen LogP contribution in [0.4, 0.5) is 0 Å². The maximum atomic E-state index is 10.2. The summed E-state index contributed by atoms with van der Waals surface area (Å²) >= 11 is 0. The Hall–Kier alpha value is -1.74. The Bertz CT molecular complexity index is 477. The van der Waals surface area contributed by atoms with Gasteiger partial charge in [-0.1, -0.05) is 0 Å². The van der Waals surface area contributed by atoms with Crippen LogP contribution < -0.4 is 4.74 Å². The first kappa shape index (κ1) is 11.7. The van der Waals surface area contributed by atoms with Gasteiger partial charge in [0.2, 0.25) is 0 Å². The van der Waals surface area contributed by atoms with Gasteiger partial charge in [0.1, 0.15) is 11.9 Å². The standard InChI is InChI=1S/C14H16O3/c1-9-6-12(7-10(2)14(9)16-3)13(15)11-4-5-17-8-11/h4-8,13,15H,1-3H3/t13-/m1/s1. The van der Waals surface area contributed by atoms with Gasteiger partial charge in [0.05, 0.1) is 19.6 Å². The van der Waals surface area contributed by atoms with Crippen molar-refractivity contribution >= 4 is 0 Å². The number of aliphatic hydroxyl groups excluding tert-OH is 1. The van der Waals surface area contributed by atoms with Crippen LogP contribution in [0.1, 0.15) is 28.4 Å². The number of hydrogen-bond donors (Lipinski definition) is 1. The highest BCUT2D eigenvalue weighted by Crippen LogP contribution is 2.30. The van der Waals surface area contributed by atoms with Crippen LogP contribution in [0.5, 0.6) is 5.75 Å². The first-order valence-corrected chi connectivity index (χ1v) is 5.48. The number of rotatable bonds is 3. The fraction of sp³-hybridized carbons (Fsp3) is 0.286. The molecule has 0 radical (unpaired) electrons. The minimum atomic E-state index is -0.656. The van der Waals surface area contributed by atoms with Crippen LogP contribution >= 0.6 is 0 Å². The van der Waals surface area contributed by atoms with E-state index in [-0.39, 0.29) is 0 Å². The summed E-state index contributed by atoms with van der Waals surface area (Å²) in [6.45, 7) is 3.94. The lowest BCUT2D eigenvalue weighted by atomic mass is 9.99. The highest BCUT2D eigenvalue weighted by atomic mass is 16.5. The van der Waals surface area contributed by atoms with Gasteiger partial charge in [-0.25, -0.2) is 0 Å². The van der Waals surface area contributed by atoms with Gasteiger partial charge in [-0.15, -0.1) is 0 Å². The van der Waals surface area contributed by atoms with Crippen molar-refractivity contribution in [2.45, 2.75) is 20.0 Å². The second-order valence-corrected chi connectivity index (χ2v) is 4.15. The van der Waals surface area contributed by atoms with E-state index in [1.807, 2.05) is 26.0 Å². The van der Waals surface area contributed by atoms with Crippen LogP contribution in [0.2, 0.25) is 0 Å². The third-order valence-electron chi connectivity index (χ3n) is 2.86. The Morgan fingerprint density at radius 1 is 1.18 bits per heavy atom. The van der Waals surface area contributed by atoms with Gasteiger partial charge in [0, 0.05) is 5.56 Å². The van der Waals surface area contributed by atoms with E-state index in [1.165, 1.54) is 0 Å². The molecule has 0 aliphatic heterocycles. The van der Waals surface area contributed by atoms with Crippen molar-refractivity contribution in [2.75, 3.05) is 7.11 Å². The number of benzene rings is 1. The lowest BCUT2D eigenvalue weighted by molar-refractivity contribution is 0.219. The predicted octanol–water partition coefficient (Wildman–Crippen LogP) is 2.99. The summed E-state index contributed by atoms with van der Waals surface area (Å²) in [5.41, 5.74) is 3.64. The van der Waals surface area contributed by atoms with Gasteiger partial charge in [-0.2, -0.15) is 0 Å². The summed E-state index contributed by atoms with van der Waals surface area (Å²) < 4.78 is 10.3. The average molecular weight is 232 g/mol. The van der Waals surface area contributed by atoms with Gasteiger partial charge < -0.3 is 14.3 Å². The van der Waals surface area contributed by atoms with Crippen molar-refractivity contribution in [3.8, 4) is 5.75 Å². The molecule has 0 amide bonds. The highest BCUT2D eigenvalue weighted by Gasteiger charge is 2.14. The van der Waals surface area contributed by atoms with E-state index in [0.717, 1.165) is 28.0 Å². The van der Waals surface area contributed by atoms with Crippen molar-refractivity contribution in [1.29, 1.82) is 0 Å². The van der Waals surface area contributed by atoms with Crippen LogP contribution in [0.15, 0.2) is 35.1 Å². The highest BCUT2D eigenvalue weighted by molar-refractivity contribution is 5.45. The molecule has 0 bridgehead atoms. The number of ether oxygens (including phenoxy) is 1. The number of aryl methyl sites for hydroxylation is 2. The van der Waals surface area contributed by atoms with Gasteiger partial charge >= 0.3 is 0 Å². The molecule has 90 valence electrons. The summed E-state index contributed by atoms with van der Waals surface area (Å²) in [4.78, 5) is 0. The van der Waals surface area contributed by atoms with E-state index in [2.05, 4.69) is 0 Å². The Morgan fingerprint density at radius 2 is 1.82 bits per heavy atom. The molecule has 1 aromatic carbocycles. The molecule has 2 aromatic rings. The maximum Gasteiger partial charge on any atom is 0.124 e. The number of aliphatic hydroxyl groups is 1. The molecule has 0 spiro atoms. The fourth-order valence-corrected chi connectivity index (χ4v) is 2.09. The summed E-state index contributed by atoms with van der Waals surface area (Å²) in [7, 11) is 1.65. The smallest absolute Gasteiger partial charge is 0.124 e. The van der Waals surface area contributed by atoms with E-state index in [0.29, 0.717) is 0 Å². The monoisotopic (exact) mass is 232 g/mol. The fourth-order valence-electron chi connectivity index (χ4n) is 2.09. The van der Waals surface area contributed by atoms with E-state index < -0.39 is 6.10 Å². The van der Waals surface area contributed by atoms with Gasteiger partial charge in [-0.05, 0) is 48.7 Å². The van der Waals surface area contributed by atoms with Crippen molar-refractivity contribution in [1.82, 2.24) is 0 Å². The van der Waals surface area contributed by atoms with E-state index in [1.54, 1.807) is 25.7 Å². The first-order chi connectivity index (χ1) is 8.13. The van der Waals surface area contributed by atoms with Crippen molar-refractivity contribution < 1.29 is 14.3 Å². The van der Waals surface area contributed by atoms with Gasteiger partial charge in [0.15, 0.2) is 0 Å². The number of hydrogen-bond acceptors (Lipinski definition) is 3. The van der Waals surface area contributed by atoms with E-state index in [9.17, 15) is 5.11 Å². The molecule has 1 N–H and O–H groups in total. The molecule has 0 aliphatic rings. The average Bonchev–Trinajstić information content (AvgIpc) is 2.81. The normalized spacial score (nSPS) is 12.5. The van der Waals surface area contributed by atoms with Crippen molar-refractivity contribution in [2.24, 2.45) is 0 Å². The van der Waals surface area contributed by atoms with E-state index >= 15 is 0 Å². The lowest BCUT2D eigenvalue weighted by Gasteiger charge is -2.14. The molecule has 0 saturated heterocycles. The first-order valence-electron chi connectivity index (χ1n) is 5.48. The molecule has 17 heavy (non-hydrogen) atoms. The maximum absolute atomic E-state index is 10.2. The lowest BCUT2D eigenvalue weighted by Crippen LogP contribution is -2.01. The summed E-state index contributed by atoms with van der Waals surface area (Å²) in [6.07, 6.45) is 2.46. The second-order valence-electron chi connectivity index (χ2n) is 4.15. The predicted molar refractivity (Wildman–Crippen MR) is 65.2 cm³/mol. The molecule has 1 heterocycles. The Morgan fingerprint density at radius 3 is 2.29 bits per heavy atom. The van der Waals surface area contributed by atoms with Gasteiger partial charge in [0.25, 0.3) is 0 Å². The summed E-state index contributed by atoms with van der Waals surface area (Å²) in [5, 5.41) is 10.2. The largest absolute Gasteiger partial charge is 0.496 e. The van der Waals surface area contributed by atoms with Crippen molar-refractivity contribution in [3.05, 3.63) is 53.0 Å². The Balaban J connectivity index is 2.40. The Labute approximate surface area is 101 Å². The minimum Gasteiger partial charge on any atom is -0.496 e. The van der Waals surface area contributed by atoms with Crippen LogP contribution in [-0.2, 0) is 0 Å². The molecule has 3 heteroatoms. The number of methoxy groups -OCH3 is 1. The van der Waals surface area contributed by atoms with Crippen LogP contribution in [0.3, 0.4) is 0 Å². The van der Waals surface area contributed by atoms with Gasteiger partial charge in [-0.3, -0.25) is 0 Å². The SMILES string of the molecule is COc1c(C)cc([C@H](O)c2ccoc2)cc1C. The topological polar surface area (TPSA) is 42.6 Å². The van der Waals surface area contributed by atoms with Crippen LogP contribution in [0, 0.1) is 13.8 Å². The van der Waals surface area contributed by atoms with Crippen LogP contribution in [0.25, 0.3) is 0 Å². The molecule has 0 unspecified atom stereocenters. The quantitative estimate of drug-likeness (QED) is 0.884. The third-order valence-corrected chi connectivity index (χ3v) is 2.86. The second kappa shape index (κ2) is 4.63. The molecular weight excluding hydrogens is 216 g/mol. The van der Waals surface area contributed by atoms with E-state index in [4.69, 9.17) is 9.15 Å². The molecule has 1 atom stereocenters. The number of furan rings is 1.